The standard InChI is InChI=1S/C19H11ClFN9O.C3H6/c20-11-3-4-12(21)15-14(11)18(31)30(9-2-1-5-25-7-9)13(27-15)8-26-17-10(6-22)16(23)28-19(24)29-17;1-2-3-1/h1-5,7-8H,(H4,23,24,28,29);1-3H2. The van der Waals surface area contributed by atoms with E-state index in [4.69, 9.17) is 23.1 Å². The molecule has 0 atom stereocenters. The van der Waals surface area contributed by atoms with Gasteiger partial charge in [-0.05, 0) is 24.3 Å². The predicted octanol–water partition coefficient (Wildman–Crippen LogP) is 3.32. The highest BCUT2D eigenvalue weighted by Crippen LogP contribution is 2.24. The van der Waals surface area contributed by atoms with Crippen molar-refractivity contribution in [2.24, 2.45) is 4.99 Å². The number of nitrogen functional groups attached to an aromatic ring is 2. The summed E-state index contributed by atoms with van der Waals surface area (Å²) in [6.07, 6.45) is 8.58. The van der Waals surface area contributed by atoms with Crippen molar-refractivity contribution in [3.63, 3.8) is 0 Å². The van der Waals surface area contributed by atoms with E-state index in [9.17, 15) is 14.4 Å². The zero-order chi connectivity index (χ0) is 24.2. The summed E-state index contributed by atoms with van der Waals surface area (Å²) < 4.78 is 15.6. The third-order valence-electron chi connectivity index (χ3n) is 4.56. The largest absolute Gasteiger partial charge is 0.382 e. The normalized spacial score (nSPS) is 12.3. The number of anilines is 2. The van der Waals surface area contributed by atoms with Crippen LogP contribution in [0, 0.1) is 17.1 Å². The molecule has 4 aromatic rings. The van der Waals surface area contributed by atoms with Gasteiger partial charge >= 0.3 is 0 Å². The van der Waals surface area contributed by atoms with Gasteiger partial charge in [0.2, 0.25) is 5.95 Å². The van der Waals surface area contributed by atoms with Crippen LogP contribution in [0.2, 0.25) is 5.02 Å². The van der Waals surface area contributed by atoms with Crippen molar-refractivity contribution < 1.29 is 4.39 Å². The first-order chi connectivity index (χ1) is 16.4. The number of nitrogens with two attached hydrogens (primary N) is 2. The fraction of sp³-hybridized carbons (Fsp3) is 0.136. The van der Waals surface area contributed by atoms with Gasteiger partial charge < -0.3 is 11.5 Å². The van der Waals surface area contributed by atoms with Crippen LogP contribution in [0.25, 0.3) is 16.6 Å². The van der Waals surface area contributed by atoms with E-state index in [1.807, 2.05) is 6.07 Å². The van der Waals surface area contributed by atoms with Gasteiger partial charge in [0.05, 0.1) is 28.5 Å². The van der Waals surface area contributed by atoms with Crippen molar-refractivity contribution >= 4 is 46.3 Å². The highest BCUT2D eigenvalue weighted by atomic mass is 35.5. The minimum Gasteiger partial charge on any atom is -0.382 e. The zero-order valence-electron chi connectivity index (χ0n) is 17.6. The molecule has 1 aromatic carbocycles. The summed E-state index contributed by atoms with van der Waals surface area (Å²) in [5, 5.41) is 9.24. The summed E-state index contributed by atoms with van der Waals surface area (Å²) in [7, 11) is 0. The number of fused-ring (bicyclic) bond motifs is 1. The van der Waals surface area contributed by atoms with Gasteiger partial charge in [0, 0.05) is 6.20 Å². The molecule has 34 heavy (non-hydrogen) atoms. The molecular weight excluding hydrogens is 461 g/mol. The molecule has 4 N–H and O–H groups in total. The zero-order valence-corrected chi connectivity index (χ0v) is 18.4. The molecule has 0 aliphatic heterocycles. The lowest BCUT2D eigenvalue weighted by Crippen LogP contribution is -2.24. The van der Waals surface area contributed by atoms with Crippen LogP contribution in [-0.4, -0.2) is 30.7 Å². The Bertz CT molecular complexity index is 1510. The average molecular weight is 478 g/mol. The maximum absolute atomic E-state index is 14.4. The first-order valence-electron chi connectivity index (χ1n) is 10.1. The highest BCUT2D eigenvalue weighted by Gasteiger charge is 2.18. The van der Waals surface area contributed by atoms with Crippen molar-refractivity contribution in [1.29, 1.82) is 5.26 Å². The molecular formula is C22H17ClFN9O. The van der Waals surface area contributed by atoms with Gasteiger partial charge in [-0.1, -0.05) is 30.9 Å². The van der Waals surface area contributed by atoms with Gasteiger partial charge in [0.25, 0.3) is 5.56 Å². The second-order valence-corrected chi connectivity index (χ2v) is 7.58. The minimum absolute atomic E-state index is 0.0399. The number of pyridine rings is 1. The number of nitriles is 1. The first-order valence-corrected chi connectivity index (χ1v) is 10.5. The fourth-order valence-corrected chi connectivity index (χ4v) is 3.09. The Morgan fingerprint density at radius 1 is 1.18 bits per heavy atom. The molecule has 3 heterocycles. The molecule has 170 valence electrons. The summed E-state index contributed by atoms with van der Waals surface area (Å²) in [6.45, 7) is 0. The first kappa shape index (κ1) is 22.8. The van der Waals surface area contributed by atoms with Gasteiger partial charge in [-0.3, -0.25) is 14.3 Å². The van der Waals surface area contributed by atoms with Crippen molar-refractivity contribution in [3.05, 3.63) is 69.2 Å². The van der Waals surface area contributed by atoms with Crippen LogP contribution >= 0.6 is 11.6 Å². The Hall–Kier alpha value is -4.43. The maximum Gasteiger partial charge on any atom is 0.267 e. The molecule has 0 saturated heterocycles. The summed E-state index contributed by atoms with van der Waals surface area (Å²) in [5.74, 6) is -1.29. The van der Waals surface area contributed by atoms with E-state index in [-0.39, 0.29) is 44.9 Å². The molecule has 0 spiro atoms. The molecule has 1 saturated carbocycles. The Balaban J connectivity index is 0.000000846. The quantitative estimate of drug-likeness (QED) is 0.424. The van der Waals surface area contributed by atoms with Gasteiger partial charge in [-0.15, -0.1) is 0 Å². The van der Waals surface area contributed by atoms with Crippen LogP contribution in [0.3, 0.4) is 0 Å². The lowest BCUT2D eigenvalue weighted by Gasteiger charge is -2.11. The third-order valence-corrected chi connectivity index (χ3v) is 4.87. The molecule has 0 bridgehead atoms. The number of aliphatic imine (C=N–C) groups is 1. The van der Waals surface area contributed by atoms with E-state index in [0.29, 0.717) is 5.69 Å². The van der Waals surface area contributed by atoms with E-state index < -0.39 is 11.4 Å². The molecule has 0 unspecified atom stereocenters. The Labute approximate surface area is 197 Å². The van der Waals surface area contributed by atoms with E-state index in [0.717, 1.165) is 16.8 Å². The van der Waals surface area contributed by atoms with E-state index in [2.05, 4.69) is 24.9 Å². The molecule has 1 aliphatic carbocycles. The van der Waals surface area contributed by atoms with Crippen molar-refractivity contribution in [2.75, 3.05) is 11.5 Å². The SMILES string of the molecule is C1CC1.N#Cc1c(N)nc(N)nc1N=Cc1nc2c(F)ccc(Cl)c2c(=O)n1-c1cccnc1. The van der Waals surface area contributed by atoms with Gasteiger partial charge in [-0.2, -0.15) is 15.2 Å². The fourth-order valence-electron chi connectivity index (χ4n) is 2.86. The van der Waals surface area contributed by atoms with Crippen LogP contribution < -0.4 is 17.0 Å². The summed E-state index contributed by atoms with van der Waals surface area (Å²) in [4.78, 5) is 33.1. The van der Waals surface area contributed by atoms with E-state index in [1.54, 1.807) is 12.1 Å². The highest BCUT2D eigenvalue weighted by molar-refractivity contribution is 6.35. The molecule has 10 nitrogen and oxygen atoms in total. The molecule has 5 rings (SSSR count). The third kappa shape index (κ3) is 4.67. The number of hydrogen-bond donors (Lipinski definition) is 2. The molecule has 0 radical (unpaired) electrons. The number of hydrogen-bond acceptors (Lipinski definition) is 9. The number of aromatic nitrogens is 5. The van der Waals surface area contributed by atoms with Gasteiger partial charge in [0.15, 0.2) is 11.6 Å². The van der Waals surface area contributed by atoms with E-state index >= 15 is 0 Å². The number of nitrogens with zero attached hydrogens (tertiary/aromatic N) is 7. The van der Waals surface area contributed by atoms with Crippen molar-refractivity contribution in [2.45, 2.75) is 19.3 Å². The maximum atomic E-state index is 14.4. The van der Waals surface area contributed by atoms with Crippen LogP contribution in [0.5, 0.6) is 0 Å². The predicted molar refractivity (Wildman–Crippen MR) is 127 cm³/mol. The number of halogens is 2. The average Bonchev–Trinajstić information content (AvgIpc) is 3.70. The second kappa shape index (κ2) is 9.60. The monoisotopic (exact) mass is 477 g/mol. The molecule has 3 aromatic heterocycles. The number of rotatable bonds is 3. The summed E-state index contributed by atoms with van der Waals surface area (Å²) in [5.41, 5.74) is 10.6. The topological polar surface area (TPSA) is 162 Å². The molecule has 1 aliphatic rings. The van der Waals surface area contributed by atoms with Crippen LogP contribution in [-0.2, 0) is 0 Å². The number of benzene rings is 1. The van der Waals surface area contributed by atoms with Gasteiger partial charge in [-0.25, -0.2) is 14.4 Å². The van der Waals surface area contributed by atoms with Crippen LogP contribution in [0.4, 0.5) is 22.0 Å². The van der Waals surface area contributed by atoms with E-state index in [1.165, 1.54) is 37.7 Å². The van der Waals surface area contributed by atoms with Gasteiger partial charge in [0.1, 0.15) is 28.8 Å². The second-order valence-electron chi connectivity index (χ2n) is 7.17. The molecule has 0 amide bonds. The molecule has 12 heteroatoms. The minimum atomic E-state index is -0.738. The smallest absolute Gasteiger partial charge is 0.267 e. The van der Waals surface area contributed by atoms with Crippen molar-refractivity contribution in [1.82, 2.24) is 24.5 Å². The summed E-state index contributed by atoms with van der Waals surface area (Å²) in [6, 6.07) is 7.43. The van der Waals surface area contributed by atoms with Crippen LogP contribution in [0.15, 0.2) is 46.4 Å². The Morgan fingerprint density at radius 2 is 1.94 bits per heavy atom. The van der Waals surface area contributed by atoms with Crippen LogP contribution in [0.1, 0.15) is 30.7 Å². The molecule has 1 fully saturated rings. The Morgan fingerprint density at radius 3 is 2.59 bits per heavy atom. The summed E-state index contributed by atoms with van der Waals surface area (Å²) >= 11 is 6.14. The van der Waals surface area contributed by atoms with Crippen molar-refractivity contribution in [3.8, 4) is 11.8 Å². The Kier molecular flexibility index (Phi) is 6.42. The lowest BCUT2D eigenvalue weighted by molar-refractivity contribution is 0.635. The lowest BCUT2D eigenvalue weighted by atomic mass is 10.2.